The van der Waals surface area contributed by atoms with E-state index in [9.17, 15) is 4.79 Å². The molecule has 0 atom stereocenters. The molecule has 1 aromatic rings. The minimum atomic E-state index is 0.594. The highest BCUT2D eigenvalue weighted by molar-refractivity contribution is 5.76. The Kier molecular flexibility index (Phi) is 4.08. The Balaban J connectivity index is 2.89. The average molecular weight is 190 g/mol. The first-order valence-corrected chi connectivity index (χ1v) is 4.51. The summed E-state index contributed by atoms with van der Waals surface area (Å²) in [6.45, 7) is 2.57. The predicted molar refractivity (Wildman–Crippen MR) is 57.4 cm³/mol. The van der Waals surface area contributed by atoms with Crippen molar-refractivity contribution in [2.45, 2.75) is 6.92 Å². The van der Waals surface area contributed by atoms with Crippen molar-refractivity contribution in [3.63, 3.8) is 0 Å². The summed E-state index contributed by atoms with van der Waals surface area (Å²) < 4.78 is 5.07. The largest absolute Gasteiger partial charge is 0.380 e. The summed E-state index contributed by atoms with van der Waals surface area (Å²) in [5.41, 5.74) is 2.92. The fourth-order valence-electron chi connectivity index (χ4n) is 1.26. The molecule has 0 unspecified atom stereocenters. The third-order valence-corrected chi connectivity index (χ3v) is 2.07. The topological polar surface area (TPSA) is 26.3 Å². The Labute approximate surface area is 84.2 Å². The zero-order chi connectivity index (χ0) is 10.4. The number of carbonyl (C=O) groups is 1. The molecule has 0 bridgehead atoms. The van der Waals surface area contributed by atoms with Crippen LogP contribution in [0.1, 0.15) is 22.8 Å². The Morgan fingerprint density at radius 3 is 2.43 bits per heavy atom. The van der Waals surface area contributed by atoms with Crippen LogP contribution in [0.3, 0.4) is 0 Å². The second-order valence-corrected chi connectivity index (χ2v) is 2.99. The molecular weight excluding hydrogens is 176 g/mol. The van der Waals surface area contributed by atoms with Gasteiger partial charge in [-0.15, -0.1) is 0 Å². The van der Waals surface area contributed by atoms with E-state index in [1.807, 2.05) is 37.3 Å². The number of hydrogen-bond acceptors (Lipinski definition) is 2. The first-order chi connectivity index (χ1) is 6.81. The van der Waals surface area contributed by atoms with Crippen LogP contribution in [0, 0.1) is 0 Å². The molecule has 0 aliphatic heterocycles. The third-order valence-electron chi connectivity index (χ3n) is 2.07. The summed E-state index contributed by atoms with van der Waals surface area (Å²) in [5, 5.41) is 0. The molecule has 1 rings (SSSR count). The number of aldehydes is 1. The molecule has 0 aliphatic carbocycles. The van der Waals surface area contributed by atoms with E-state index in [1.54, 1.807) is 7.11 Å². The lowest BCUT2D eigenvalue weighted by atomic mass is 10.1. The highest BCUT2D eigenvalue weighted by atomic mass is 16.5. The summed E-state index contributed by atoms with van der Waals surface area (Å²) in [5.74, 6) is 0. The van der Waals surface area contributed by atoms with Gasteiger partial charge in [0.25, 0.3) is 0 Å². The summed E-state index contributed by atoms with van der Waals surface area (Å²) in [4.78, 5) is 10.4. The van der Waals surface area contributed by atoms with Crippen molar-refractivity contribution in [2.24, 2.45) is 0 Å². The predicted octanol–water partition coefficient (Wildman–Crippen LogP) is 2.55. The van der Waals surface area contributed by atoms with Gasteiger partial charge >= 0.3 is 0 Å². The van der Waals surface area contributed by atoms with Crippen LogP contribution in [0.2, 0.25) is 0 Å². The summed E-state index contributed by atoms with van der Waals surface area (Å²) in [7, 11) is 1.67. The van der Waals surface area contributed by atoms with Crippen molar-refractivity contribution < 1.29 is 9.53 Å². The zero-order valence-corrected chi connectivity index (χ0v) is 8.49. The Morgan fingerprint density at radius 2 is 2.00 bits per heavy atom. The van der Waals surface area contributed by atoms with Crippen molar-refractivity contribution in [3.8, 4) is 0 Å². The number of allylic oxidation sites excluding steroid dienone is 1. The smallest absolute Gasteiger partial charge is 0.150 e. The summed E-state index contributed by atoms with van der Waals surface area (Å²) in [6.07, 6.45) is 2.86. The average Bonchev–Trinajstić information content (AvgIpc) is 2.26. The van der Waals surface area contributed by atoms with Gasteiger partial charge in [0.1, 0.15) is 6.29 Å². The lowest BCUT2D eigenvalue weighted by molar-refractivity contribution is 0.112. The SMILES string of the molecule is C/C=C(\COC)c1ccc(C=O)cc1. The monoisotopic (exact) mass is 190 g/mol. The maximum atomic E-state index is 10.4. The number of hydrogen-bond donors (Lipinski definition) is 0. The van der Waals surface area contributed by atoms with Crippen LogP contribution in [0.4, 0.5) is 0 Å². The van der Waals surface area contributed by atoms with Crippen molar-refractivity contribution in [1.29, 1.82) is 0 Å². The van der Waals surface area contributed by atoms with Gasteiger partial charge in [-0.25, -0.2) is 0 Å². The fourth-order valence-corrected chi connectivity index (χ4v) is 1.26. The van der Waals surface area contributed by atoms with E-state index in [-0.39, 0.29) is 0 Å². The molecule has 0 spiro atoms. The van der Waals surface area contributed by atoms with Gasteiger partial charge in [-0.05, 0) is 18.1 Å². The van der Waals surface area contributed by atoms with Gasteiger partial charge < -0.3 is 4.74 Å². The van der Waals surface area contributed by atoms with Crippen LogP contribution in [-0.2, 0) is 4.74 Å². The maximum Gasteiger partial charge on any atom is 0.150 e. The molecule has 0 saturated heterocycles. The molecule has 0 aromatic heterocycles. The standard InChI is InChI=1S/C12H14O2/c1-3-11(9-14-2)12-6-4-10(8-13)5-7-12/h3-8H,9H2,1-2H3/b11-3+. The van der Waals surface area contributed by atoms with Crippen molar-refractivity contribution in [1.82, 2.24) is 0 Å². The molecule has 0 N–H and O–H groups in total. The highest BCUT2D eigenvalue weighted by Gasteiger charge is 1.99. The van der Waals surface area contributed by atoms with E-state index >= 15 is 0 Å². The first kappa shape index (κ1) is 10.7. The number of rotatable bonds is 4. The van der Waals surface area contributed by atoms with Crippen LogP contribution in [-0.4, -0.2) is 20.0 Å². The fraction of sp³-hybridized carbons (Fsp3) is 0.250. The Morgan fingerprint density at radius 1 is 1.36 bits per heavy atom. The molecule has 74 valence electrons. The van der Waals surface area contributed by atoms with Crippen molar-refractivity contribution in [2.75, 3.05) is 13.7 Å². The van der Waals surface area contributed by atoms with Crippen LogP contribution in [0.25, 0.3) is 5.57 Å². The van der Waals surface area contributed by atoms with Gasteiger partial charge in [-0.3, -0.25) is 4.79 Å². The second kappa shape index (κ2) is 5.35. The quantitative estimate of drug-likeness (QED) is 0.682. The molecule has 0 aliphatic rings. The van der Waals surface area contributed by atoms with Crippen molar-refractivity contribution in [3.05, 3.63) is 41.5 Å². The number of ether oxygens (including phenoxy) is 1. The van der Waals surface area contributed by atoms with E-state index in [2.05, 4.69) is 0 Å². The minimum absolute atomic E-state index is 0.594. The zero-order valence-electron chi connectivity index (χ0n) is 8.49. The van der Waals surface area contributed by atoms with E-state index in [4.69, 9.17) is 4.74 Å². The van der Waals surface area contributed by atoms with Crippen molar-refractivity contribution >= 4 is 11.9 Å². The molecule has 2 nitrogen and oxygen atoms in total. The second-order valence-electron chi connectivity index (χ2n) is 2.99. The van der Waals surface area contributed by atoms with Gasteiger partial charge in [0.05, 0.1) is 6.61 Å². The molecule has 0 radical (unpaired) electrons. The number of benzene rings is 1. The van der Waals surface area contributed by atoms with Gasteiger partial charge in [0.2, 0.25) is 0 Å². The molecular formula is C12H14O2. The number of carbonyl (C=O) groups excluding carboxylic acids is 1. The van der Waals surface area contributed by atoms with E-state index in [0.717, 1.165) is 17.4 Å². The summed E-state index contributed by atoms with van der Waals surface area (Å²) in [6, 6.07) is 7.47. The third kappa shape index (κ3) is 2.54. The van der Waals surface area contributed by atoms with E-state index in [1.165, 1.54) is 0 Å². The van der Waals surface area contributed by atoms with Crippen LogP contribution in [0.5, 0.6) is 0 Å². The molecule has 2 heteroatoms. The lowest BCUT2D eigenvalue weighted by Gasteiger charge is -2.05. The van der Waals surface area contributed by atoms with E-state index in [0.29, 0.717) is 12.2 Å². The van der Waals surface area contributed by atoms with Gasteiger partial charge in [-0.1, -0.05) is 30.3 Å². The van der Waals surface area contributed by atoms with Gasteiger partial charge in [0, 0.05) is 12.7 Å². The highest BCUT2D eigenvalue weighted by Crippen LogP contribution is 2.14. The van der Waals surface area contributed by atoms with E-state index < -0.39 is 0 Å². The van der Waals surface area contributed by atoms with Crippen LogP contribution >= 0.6 is 0 Å². The molecule has 0 amide bonds. The number of methoxy groups -OCH3 is 1. The molecule has 14 heavy (non-hydrogen) atoms. The normalized spacial score (nSPS) is 11.4. The van der Waals surface area contributed by atoms with Gasteiger partial charge in [-0.2, -0.15) is 0 Å². The molecule has 0 saturated carbocycles. The molecule has 0 heterocycles. The lowest BCUT2D eigenvalue weighted by Crippen LogP contribution is -1.94. The Hall–Kier alpha value is -1.41. The maximum absolute atomic E-state index is 10.4. The van der Waals surface area contributed by atoms with Crippen LogP contribution < -0.4 is 0 Å². The Bertz CT molecular complexity index is 323. The minimum Gasteiger partial charge on any atom is -0.380 e. The molecule has 0 fully saturated rings. The molecule has 1 aromatic carbocycles. The van der Waals surface area contributed by atoms with Gasteiger partial charge in [0.15, 0.2) is 0 Å². The first-order valence-electron chi connectivity index (χ1n) is 4.51. The summed E-state index contributed by atoms with van der Waals surface area (Å²) >= 11 is 0. The van der Waals surface area contributed by atoms with Crippen LogP contribution in [0.15, 0.2) is 30.3 Å².